The molecule has 1 heterocycles. The van der Waals surface area contributed by atoms with Gasteiger partial charge in [0.2, 0.25) is 0 Å². The third-order valence-electron chi connectivity index (χ3n) is 4.39. The highest BCUT2D eigenvalue weighted by Crippen LogP contribution is 2.21. The summed E-state index contributed by atoms with van der Waals surface area (Å²) in [7, 11) is 1.45. The predicted octanol–water partition coefficient (Wildman–Crippen LogP) is 2.08. The van der Waals surface area contributed by atoms with Gasteiger partial charge in [0, 0.05) is 12.2 Å². The first-order chi connectivity index (χ1) is 10.1. The lowest BCUT2D eigenvalue weighted by molar-refractivity contribution is -0.148. The van der Waals surface area contributed by atoms with E-state index in [1.54, 1.807) is 0 Å². The Hall–Kier alpha value is -1.36. The molecule has 0 radical (unpaired) electrons. The molecule has 0 saturated heterocycles. The Bertz CT molecular complexity index is 484. The zero-order chi connectivity index (χ0) is 15.3. The molecule has 5 heteroatoms. The molecule has 0 spiro atoms. The summed E-state index contributed by atoms with van der Waals surface area (Å²) in [6.07, 6.45) is 8.41. The first-order valence-electron chi connectivity index (χ1n) is 7.97. The van der Waals surface area contributed by atoms with E-state index in [1.165, 1.54) is 31.3 Å². The molecule has 0 saturated carbocycles. The number of aryl methyl sites for hydroxylation is 2. The number of carbonyl (C=O) groups is 1. The van der Waals surface area contributed by atoms with Crippen molar-refractivity contribution in [3.8, 4) is 0 Å². The molecule has 1 aromatic rings. The quantitative estimate of drug-likeness (QED) is 0.782. The summed E-state index contributed by atoms with van der Waals surface area (Å²) in [4.78, 5) is 16.5. The number of nitrogens with zero attached hydrogens (tertiary/aromatic N) is 2. The SMILES string of the molecule is CCNC(C)(CCCn1cnc2c1CCCC2)C(=O)OC. The number of hydrogen-bond donors (Lipinski definition) is 1. The Morgan fingerprint density at radius 2 is 2.24 bits per heavy atom. The molecular weight excluding hydrogens is 266 g/mol. The third kappa shape index (κ3) is 3.64. The van der Waals surface area contributed by atoms with Crippen LogP contribution < -0.4 is 5.32 Å². The Morgan fingerprint density at radius 3 is 2.95 bits per heavy atom. The van der Waals surface area contributed by atoms with E-state index in [0.717, 1.165) is 38.8 Å². The molecule has 0 amide bonds. The highest BCUT2D eigenvalue weighted by molar-refractivity contribution is 5.80. The van der Waals surface area contributed by atoms with Crippen LogP contribution in [0.2, 0.25) is 0 Å². The number of likely N-dealkylation sites (N-methyl/N-ethyl adjacent to an activating group) is 1. The van der Waals surface area contributed by atoms with Gasteiger partial charge in [-0.25, -0.2) is 4.98 Å². The van der Waals surface area contributed by atoms with Gasteiger partial charge < -0.3 is 14.6 Å². The standard InChI is InChI=1S/C16H27N3O2/c1-4-18-16(2,15(20)21-3)10-7-11-19-12-17-13-8-5-6-9-14(13)19/h12,18H,4-11H2,1-3H3. The van der Waals surface area contributed by atoms with Crippen molar-refractivity contribution in [2.75, 3.05) is 13.7 Å². The van der Waals surface area contributed by atoms with Crippen molar-refractivity contribution in [2.45, 2.75) is 64.5 Å². The van der Waals surface area contributed by atoms with Crippen LogP contribution in [-0.2, 0) is 28.9 Å². The van der Waals surface area contributed by atoms with Crippen molar-refractivity contribution in [3.63, 3.8) is 0 Å². The molecule has 0 aromatic carbocycles. The van der Waals surface area contributed by atoms with Gasteiger partial charge >= 0.3 is 5.97 Å². The summed E-state index contributed by atoms with van der Waals surface area (Å²) in [5.41, 5.74) is 2.07. The van der Waals surface area contributed by atoms with Gasteiger partial charge in [-0.05, 0) is 52.0 Å². The van der Waals surface area contributed by atoms with Gasteiger partial charge in [0.1, 0.15) is 5.54 Å². The fraction of sp³-hybridized carbons (Fsp3) is 0.750. The Labute approximate surface area is 127 Å². The zero-order valence-electron chi connectivity index (χ0n) is 13.4. The summed E-state index contributed by atoms with van der Waals surface area (Å²) in [5.74, 6) is -0.183. The molecule has 0 fully saturated rings. The largest absolute Gasteiger partial charge is 0.468 e. The minimum Gasteiger partial charge on any atom is -0.468 e. The van der Waals surface area contributed by atoms with Gasteiger partial charge in [-0.1, -0.05) is 6.92 Å². The van der Waals surface area contributed by atoms with Gasteiger partial charge in [-0.15, -0.1) is 0 Å². The van der Waals surface area contributed by atoms with Gasteiger partial charge in [-0.2, -0.15) is 0 Å². The monoisotopic (exact) mass is 293 g/mol. The van der Waals surface area contributed by atoms with Gasteiger partial charge in [0.25, 0.3) is 0 Å². The normalized spacial score (nSPS) is 17.1. The molecule has 118 valence electrons. The van der Waals surface area contributed by atoms with E-state index >= 15 is 0 Å². The zero-order valence-corrected chi connectivity index (χ0v) is 13.4. The number of esters is 1. The second-order valence-electron chi connectivity index (χ2n) is 6.00. The second kappa shape index (κ2) is 7.07. The fourth-order valence-electron chi connectivity index (χ4n) is 3.20. The van der Waals surface area contributed by atoms with Gasteiger partial charge in [0.05, 0.1) is 19.1 Å². The molecule has 21 heavy (non-hydrogen) atoms. The topological polar surface area (TPSA) is 56.2 Å². The van der Waals surface area contributed by atoms with E-state index in [-0.39, 0.29) is 5.97 Å². The van der Waals surface area contributed by atoms with Crippen molar-refractivity contribution < 1.29 is 9.53 Å². The minimum atomic E-state index is -0.593. The van der Waals surface area contributed by atoms with E-state index in [2.05, 4.69) is 14.9 Å². The average Bonchev–Trinajstić information content (AvgIpc) is 2.90. The van der Waals surface area contributed by atoms with E-state index in [9.17, 15) is 4.79 Å². The number of imidazole rings is 1. The number of hydrogen-bond acceptors (Lipinski definition) is 4. The van der Waals surface area contributed by atoms with Crippen LogP contribution in [0.15, 0.2) is 6.33 Å². The second-order valence-corrected chi connectivity index (χ2v) is 6.00. The summed E-state index contributed by atoms with van der Waals surface area (Å²) in [5, 5.41) is 3.25. The van der Waals surface area contributed by atoms with E-state index < -0.39 is 5.54 Å². The number of rotatable bonds is 7. The van der Waals surface area contributed by atoms with Gasteiger partial charge in [0.15, 0.2) is 0 Å². The maximum Gasteiger partial charge on any atom is 0.325 e. The van der Waals surface area contributed by atoms with Crippen molar-refractivity contribution in [3.05, 3.63) is 17.7 Å². The van der Waals surface area contributed by atoms with Crippen LogP contribution >= 0.6 is 0 Å². The predicted molar refractivity (Wildman–Crippen MR) is 82.2 cm³/mol. The molecule has 5 nitrogen and oxygen atoms in total. The van der Waals surface area contributed by atoms with E-state index in [0.29, 0.717) is 0 Å². The first-order valence-corrected chi connectivity index (χ1v) is 7.97. The molecule has 2 rings (SSSR count). The Kier molecular flexibility index (Phi) is 5.39. The lowest BCUT2D eigenvalue weighted by atomic mass is 9.95. The van der Waals surface area contributed by atoms with Crippen LogP contribution in [-0.4, -0.2) is 34.7 Å². The van der Waals surface area contributed by atoms with Crippen molar-refractivity contribution in [1.29, 1.82) is 0 Å². The molecule has 0 aliphatic heterocycles. The number of methoxy groups -OCH3 is 1. The van der Waals surface area contributed by atoms with Gasteiger partial charge in [-0.3, -0.25) is 4.79 Å². The maximum absolute atomic E-state index is 11.9. The number of carbonyl (C=O) groups excluding carboxylic acids is 1. The molecule has 1 aliphatic rings. The Morgan fingerprint density at radius 1 is 1.48 bits per heavy atom. The van der Waals surface area contributed by atoms with Crippen LogP contribution in [0.25, 0.3) is 0 Å². The van der Waals surface area contributed by atoms with E-state index in [4.69, 9.17) is 4.74 Å². The number of nitrogens with one attached hydrogen (secondary N) is 1. The van der Waals surface area contributed by atoms with E-state index in [1.807, 2.05) is 20.2 Å². The maximum atomic E-state index is 11.9. The molecule has 1 unspecified atom stereocenters. The number of aromatic nitrogens is 2. The molecule has 1 N–H and O–H groups in total. The van der Waals surface area contributed by atoms with Crippen molar-refractivity contribution >= 4 is 5.97 Å². The first kappa shape index (κ1) is 16.0. The average molecular weight is 293 g/mol. The van der Waals surface area contributed by atoms with Crippen molar-refractivity contribution in [2.24, 2.45) is 0 Å². The molecule has 1 aliphatic carbocycles. The van der Waals surface area contributed by atoms with Crippen LogP contribution in [0.4, 0.5) is 0 Å². The number of ether oxygens (including phenoxy) is 1. The van der Waals surface area contributed by atoms with Crippen LogP contribution in [0.3, 0.4) is 0 Å². The minimum absolute atomic E-state index is 0.183. The van der Waals surface area contributed by atoms with Crippen LogP contribution in [0.1, 0.15) is 50.9 Å². The summed E-state index contributed by atoms with van der Waals surface area (Å²) >= 11 is 0. The third-order valence-corrected chi connectivity index (χ3v) is 4.39. The molecule has 1 atom stereocenters. The van der Waals surface area contributed by atoms with Crippen LogP contribution in [0, 0.1) is 0 Å². The Balaban J connectivity index is 1.93. The summed E-state index contributed by atoms with van der Waals surface area (Å²) < 4.78 is 7.19. The molecule has 1 aromatic heterocycles. The highest BCUT2D eigenvalue weighted by atomic mass is 16.5. The summed E-state index contributed by atoms with van der Waals surface area (Å²) in [6, 6.07) is 0. The molecular formula is C16H27N3O2. The summed E-state index contributed by atoms with van der Waals surface area (Å²) in [6.45, 7) is 5.60. The lowest BCUT2D eigenvalue weighted by Crippen LogP contribution is -2.50. The van der Waals surface area contributed by atoms with Crippen molar-refractivity contribution in [1.82, 2.24) is 14.9 Å². The fourth-order valence-corrected chi connectivity index (χ4v) is 3.20. The lowest BCUT2D eigenvalue weighted by Gasteiger charge is -2.27. The highest BCUT2D eigenvalue weighted by Gasteiger charge is 2.32. The smallest absolute Gasteiger partial charge is 0.325 e. The number of fused-ring (bicyclic) bond motifs is 1. The van der Waals surface area contributed by atoms with Crippen LogP contribution in [0.5, 0.6) is 0 Å². The molecule has 0 bridgehead atoms.